The van der Waals surface area contributed by atoms with Crippen LogP contribution < -0.4 is 14.8 Å². The van der Waals surface area contributed by atoms with E-state index in [1.54, 1.807) is 42.6 Å². The number of amides is 3. The number of urea groups is 1. The van der Waals surface area contributed by atoms with Crippen molar-refractivity contribution in [2.45, 2.75) is 12.5 Å². The van der Waals surface area contributed by atoms with E-state index in [2.05, 4.69) is 10.2 Å². The van der Waals surface area contributed by atoms with Crippen molar-refractivity contribution in [1.82, 2.24) is 14.8 Å². The fourth-order valence-electron chi connectivity index (χ4n) is 5.03. The van der Waals surface area contributed by atoms with Crippen LogP contribution in [0.4, 0.5) is 10.5 Å². The van der Waals surface area contributed by atoms with Crippen LogP contribution >= 0.6 is 11.3 Å². The lowest BCUT2D eigenvalue weighted by atomic mass is 10.00. The normalized spacial score (nSPS) is 17.2. The molecule has 3 heterocycles. The van der Waals surface area contributed by atoms with Crippen LogP contribution in [0.25, 0.3) is 0 Å². The zero-order chi connectivity index (χ0) is 28.6. The maximum absolute atomic E-state index is 14.0. The van der Waals surface area contributed by atoms with Gasteiger partial charge in [-0.15, -0.1) is 11.3 Å². The van der Waals surface area contributed by atoms with E-state index in [0.717, 1.165) is 29.2 Å². The van der Waals surface area contributed by atoms with Gasteiger partial charge in [-0.2, -0.15) is 5.10 Å². The van der Waals surface area contributed by atoms with Crippen molar-refractivity contribution < 1.29 is 23.8 Å². The number of thiophene rings is 1. The van der Waals surface area contributed by atoms with Crippen LogP contribution in [0.5, 0.6) is 11.5 Å². The second kappa shape index (κ2) is 13.6. The van der Waals surface area contributed by atoms with Crippen LogP contribution in [-0.4, -0.2) is 92.6 Å². The Balaban J connectivity index is 1.39. The van der Waals surface area contributed by atoms with Crippen molar-refractivity contribution >= 4 is 34.7 Å². The highest BCUT2D eigenvalue weighted by Crippen LogP contribution is 2.38. The van der Waals surface area contributed by atoms with Crippen molar-refractivity contribution in [3.8, 4) is 11.5 Å². The number of para-hydroxylation sites is 3. The van der Waals surface area contributed by atoms with Gasteiger partial charge in [0.15, 0.2) is 0 Å². The molecule has 10 nitrogen and oxygen atoms in total. The molecule has 3 amide bonds. The molecule has 1 atom stereocenters. The SMILES string of the molecule is COc1ccccc1NC(=O)N(CCN1CCOCC1)CC(=O)N1N=C(c2cccs2)CC1c1ccccc1OC. The Hall–Kier alpha value is -3.93. The number of methoxy groups -OCH3 is 2. The van der Waals surface area contributed by atoms with Gasteiger partial charge in [0.05, 0.1) is 49.8 Å². The Bertz CT molecular complexity index is 1360. The third-order valence-electron chi connectivity index (χ3n) is 7.22. The number of anilines is 1. The fourth-order valence-corrected chi connectivity index (χ4v) is 5.75. The van der Waals surface area contributed by atoms with Gasteiger partial charge in [-0.3, -0.25) is 9.69 Å². The zero-order valence-electron chi connectivity index (χ0n) is 23.3. The Kier molecular flexibility index (Phi) is 9.50. The monoisotopic (exact) mass is 577 g/mol. The summed E-state index contributed by atoms with van der Waals surface area (Å²) in [6.07, 6.45) is 0.549. The molecule has 0 bridgehead atoms. The first-order valence-corrected chi connectivity index (χ1v) is 14.5. The molecule has 0 saturated carbocycles. The van der Waals surface area contributed by atoms with Gasteiger partial charge in [-0.1, -0.05) is 36.4 Å². The van der Waals surface area contributed by atoms with E-state index in [9.17, 15) is 9.59 Å². The quantitative estimate of drug-likeness (QED) is 0.386. The molecular formula is C30H35N5O5S. The summed E-state index contributed by atoms with van der Waals surface area (Å²) in [7, 11) is 3.18. The number of benzene rings is 2. The summed E-state index contributed by atoms with van der Waals surface area (Å²) in [6, 6.07) is 18.1. The first kappa shape index (κ1) is 28.6. The molecule has 41 heavy (non-hydrogen) atoms. The Morgan fingerprint density at radius 2 is 1.76 bits per heavy atom. The third-order valence-corrected chi connectivity index (χ3v) is 8.14. The number of nitrogens with zero attached hydrogens (tertiary/aromatic N) is 4. The van der Waals surface area contributed by atoms with Crippen molar-refractivity contribution in [2.75, 3.05) is 65.5 Å². The average molecular weight is 578 g/mol. The molecule has 0 aliphatic carbocycles. The van der Waals surface area contributed by atoms with E-state index in [1.807, 2.05) is 53.9 Å². The van der Waals surface area contributed by atoms with E-state index in [1.165, 1.54) is 5.01 Å². The van der Waals surface area contributed by atoms with E-state index in [-0.39, 0.29) is 24.5 Å². The number of nitrogens with one attached hydrogen (secondary N) is 1. The number of carbonyl (C=O) groups excluding carboxylic acids is 2. The van der Waals surface area contributed by atoms with Gasteiger partial charge in [-0.25, -0.2) is 9.80 Å². The van der Waals surface area contributed by atoms with Crippen molar-refractivity contribution in [3.05, 3.63) is 76.5 Å². The third kappa shape index (κ3) is 6.87. The molecule has 2 aliphatic heterocycles. The molecule has 2 aromatic carbocycles. The lowest BCUT2D eigenvalue weighted by Gasteiger charge is -2.31. The number of hydrogen-bond acceptors (Lipinski definition) is 8. The molecule has 1 saturated heterocycles. The second-order valence-corrected chi connectivity index (χ2v) is 10.7. The summed E-state index contributed by atoms with van der Waals surface area (Å²) in [5, 5.41) is 11.2. The molecule has 216 valence electrons. The van der Waals surface area contributed by atoms with Gasteiger partial charge in [0.1, 0.15) is 18.0 Å². The second-order valence-electron chi connectivity index (χ2n) is 9.73. The standard InChI is InChI=1S/C30H35N5O5S/c1-38-26-10-5-3-8-22(26)25-20-24(28-12-7-19-41-28)32-35(25)29(36)21-34(14-13-33-15-17-40-18-16-33)30(37)31-23-9-4-6-11-27(23)39-2/h3-12,19,25H,13-18,20-21H2,1-2H3,(H,31,37). The molecule has 1 N–H and O–H groups in total. The summed E-state index contributed by atoms with van der Waals surface area (Å²) in [5.74, 6) is 0.960. The fraction of sp³-hybridized carbons (Fsp3) is 0.367. The Morgan fingerprint density at radius 1 is 1.02 bits per heavy atom. The molecule has 1 fully saturated rings. The smallest absolute Gasteiger partial charge is 0.322 e. The predicted octanol–water partition coefficient (Wildman–Crippen LogP) is 4.31. The summed E-state index contributed by atoms with van der Waals surface area (Å²) < 4.78 is 16.5. The highest BCUT2D eigenvalue weighted by Gasteiger charge is 2.36. The van der Waals surface area contributed by atoms with Crippen LogP contribution in [0.1, 0.15) is 22.9 Å². The molecule has 11 heteroatoms. The van der Waals surface area contributed by atoms with Gasteiger partial charge in [0, 0.05) is 38.2 Å². The lowest BCUT2D eigenvalue weighted by Crippen LogP contribution is -2.47. The number of morpholine rings is 1. The van der Waals surface area contributed by atoms with Gasteiger partial charge >= 0.3 is 6.03 Å². The maximum Gasteiger partial charge on any atom is 0.322 e. The number of carbonyl (C=O) groups is 2. The minimum Gasteiger partial charge on any atom is -0.496 e. The minimum absolute atomic E-state index is 0.141. The number of ether oxygens (including phenoxy) is 3. The molecule has 0 radical (unpaired) electrons. The summed E-state index contributed by atoms with van der Waals surface area (Å²) in [6.45, 7) is 3.72. The predicted molar refractivity (Wildman–Crippen MR) is 159 cm³/mol. The van der Waals surface area contributed by atoms with Crippen LogP contribution in [-0.2, 0) is 9.53 Å². The van der Waals surface area contributed by atoms with Gasteiger partial charge < -0.3 is 24.4 Å². The maximum atomic E-state index is 14.0. The molecule has 1 aromatic heterocycles. The van der Waals surface area contributed by atoms with Crippen LogP contribution in [0.3, 0.4) is 0 Å². The highest BCUT2D eigenvalue weighted by atomic mass is 32.1. The van der Waals surface area contributed by atoms with Crippen molar-refractivity contribution in [2.24, 2.45) is 5.10 Å². The van der Waals surface area contributed by atoms with E-state index in [0.29, 0.717) is 49.9 Å². The summed E-state index contributed by atoms with van der Waals surface area (Å²) >= 11 is 1.59. The molecular weight excluding hydrogens is 542 g/mol. The molecule has 5 rings (SSSR count). The van der Waals surface area contributed by atoms with Crippen molar-refractivity contribution in [3.63, 3.8) is 0 Å². The topological polar surface area (TPSA) is 95.9 Å². The average Bonchev–Trinajstić information content (AvgIpc) is 3.71. The highest BCUT2D eigenvalue weighted by molar-refractivity contribution is 7.12. The van der Waals surface area contributed by atoms with Crippen LogP contribution in [0.2, 0.25) is 0 Å². The Morgan fingerprint density at radius 3 is 2.49 bits per heavy atom. The van der Waals surface area contributed by atoms with Gasteiger partial charge in [-0.05, 0) is 29.6 Å². The summed E-state index contributed by atoms with van der Waals surface area (Å²) in [5.41, 5.74) is 2.24. The van der Waals surface area contributed by atoms with Gasteiger partial charge in [0.2, 0.25) is 0 Å². The first-order chi connectivity index (χ1) is 20.1. The molecule has 1 unspecified atom stereocenters. The number of hydrogen-bond donors (Lipinski definition) is 1. The number of hydrazone groups is 1. The lowest BCUT2D eigenvalue weighted by molar-refractivity contribution is -0.133. The van der Waals surface area contributed by atoms with E-state index in [4.69, 9.17) is 19.3 Å². The molecule has 0 spiro atoms. The molecule has 2 aliphatic rings. The van der Waals surface area contributed by atoms with Crippen LogP contribution in [0.15, 0.2) is 71.1 Å². The van der Waals surface area contributed by atoms with Crippen LogP contribution in [0, 0.1) is 0 Å². The Labute approximate surface area is 244 Å². The molecule has 3 aromatic rings. The summed E-state index contributed by atoms with van der Waals surface area (Å²) in [4.78, 5) is 32.4. The largest absolute Gasteiger partial charge is 0.496 e. The minimum atomic E-state index is -0.383. The first-order valence-electron chi connectivity index (χ1n) is 13.6. The zero-order valence-corrected chi connectivity index (χ0v) is 24.1. The van der Waals surface area contributed by atoms with E-state index >= 15 is 0 Å². The number of rotatable bonds is 10. The van der Waals surface area contributed by atoms with Crippen molar-refractivity contribution in [1.29, 1.82) is 0 Å². The van der Waals surface area contributed by atoms with E-state index < -0.39 is 0 Å². The van der Waals surface area contributed by atoms with Gasteiger partial charge in [0.25, 0.3) is 5.91 Å².